The Labute approximate surface area is 178 Å². The van der Waals surface area contributed by atoms with Crippen LogP contribution in [0.2, 0.25) is 5.02 Å². The summed E-state index contributed by atoms with van der Waals surface area (Å²) in [6.45, 7) is 3.91. The third-order valence-corrected chi connectivity index (χ3v) is 5.49. The molecule has 0 saturated heterocycles. The van der Waals surface area contributed by atoms with Crippen LogP contribution in [0.25, 0.3) is 11.1 Å². The van der Waals surface area contributed by atoms with Crippen molar-refractivity contribution in [2.24, 2.45) is 0 Å². The smallest absolute Gasteiger partial charge is 0.341 e. The number of carbonyl (C=O) groups excluding carboxylic acids is 2. The molecule has 29 heavy (non-hydrogen) atoms. The Hall–Kier alpha value is -2.83. The van der Waals surface area contributed by atoms with Gasteiger partial charge in [-0.2, -0.15) is 0 Å². The number of esters is 1. The number of rotatable bonds is 6. The Bertz CT molecular complexity index is 1060. The average molecular weight is 430 g/mol. The van der Waals surface area contributed by atoms with E-state index >= 15 is 0 Å². The Morgan fingerprint density at radius 1 is 1.14 bits per heavy atom. The van der Waals surface area contributed by atoms with E-state index in [0.717, 1.165) is 11.1 Å². The van der Waals surface area contributed by atoms with Crippen LogP contribution in [-0.4, -0.2) is 25.6 Å². The monoisotopic (exact) mass is 429 g/mol. The zero-order chi connectivity index (χ0) is 21.0. The number of aryl methyl sites for hydroxylation is 1. The lowest BCUT2D eigenvalue weighted by Gasteiger charge is -2.12. The molecule has 0 bridgehead atoms. The summed E-state index contributed by atoms with van der Waals surface area (Å²) < 4.78 is 10.7. The van der Waals surface area contributed by atoms with Crippen molar-refractivity contribution in [3.63, 3.8) is 0 Å². The number of benzene rings is 2. The van der Waals surface area contributed by atoms with Crippen LogP contribution in [0.3, 0.4) is 0 Å². The number of nitrogens with one attached hydrogen (secondary N) is 1. The zero-order valence-electron chi connectivity index (χ0n) is 16.2. The Balaban J connectivity index is 2.08. The predicted molar refractivity (Wildman–Crippen MR) is 116 cm³/mol. The van der Waals surface area contributed by atoms with E-state index in [-0.39, 0.29) is 6.61 Å². The van der Waals surface area contributed by atoms with Crippen LogP contribution < -0.4 is 10.1 Å². The van der Waals surface area contributed by atoms with Crippen LogP contribution in [0.4, 0.5) is 5.00 Å². The van der Waals surface area contributed by atoms with Crippen molar-refractivity contribution in [1.82, 2.24) is 0 Å². The summed E-state index contributed by atoms with van der Waals surface area (Å²) in [5.74, 6) is -0.282. The third-order valence-electron chi connectivity index (χ3n) is 4.26. The second-order valence-corrected chi connectivity index (χ2v) is 7.50. The van der Waals surface area contributed by atoms with Crippen molar-refractivity contribution < 1.29 is 19.1 Å². The van der Waals surface area contributed by atoms with Crippen molar-refractivity contribution in [2.45, 2.75) is 13.8 Å². The van der Waals surface area contributed by atoms with Gasteiger partial charge in [0.05, 0.1) is 24.3 Å². The summed E-state index contributed by atoms with van der Waals surface area (Å²) in [7, 11) is 1.57. The summed E-state index contributed by atoms with van der Waals surface area (Å²) >= 11 is 7.38. The van der Waals surface area contributed by atoms with Crippen LogP contribution in [0.1, 0.15) is 33.2 Å². The van der Waals surface area contributed by atoms with Crippen molar-refractivity contribution in [3.05, 3.63) is 69.6 Å². The van der Waals surface area contributed by atoms with E-state index in [0.29, 0.717) is 32.5 Å². The first-order chi connectivity index (χ1) is 14.0. The highest BCUT2D eigenvalue weighted by molar-refractivity contribution is 7.15. The molecule has 150 valence electrons. The first kappa shape index (κ1) is 20.9. The van der Waals surface area contributed by atoms with E-state index in [9.17, 15) is 9.59 Å². The van der Waals surface area contributed by atoms with Crippen LogP contribution in [0, 0.1) is 6.92 Å². The van der Waals surface area contributed by atoms with E-state index in [1.165, 1.54) is 11.3 Å². The fraction of sp³-hybridized carbons (Fsp3) is 0.182. The Kier molecular flexibility index (Phi) is 6.56. The molecule has 3 aromatic rings. The van der Waals surface area contributed by atoms with E-state index < -0.39 is 11.9 Å². The standard InChI is InChI=1S/C22H20ClNO4S/c1-4-28-22(26)19-16(15-11-13(2)9-10-18(15)27-3)12-29-21(19)24-20(25)14-7-5-6-8-17(14)23/h5-12H,4H2,1-3H3,(H,24,25). The minimum absolute atomic E-state index is 0.219. The maximum Gasteiger partial charge on any atom is 0.341 e. The van der Waals surface area contributed by atoms with Gasteiger partial charge in [-0.05, 0) is 38.1 Å². The van der Waals surface area contributed by atoms with Gasteiger partial charge < -0.3 is 14.8 Å². The van der Waals surface area contributed by atoms with E-state index in [1.54, 1.807) is 38.3 Å². The van der Waals surface area contributed by atoms with Gasteiger partial charge in [-0.1, -0.05) is 35.4 Å². The van der Waals surface area contributed by atoms with Gasteiger partial charge in [-0.3, -0.25) is 4.79 Å². The van der Waals surface area contributed by atoms with Crippen molar-refractivity contribution in [2.75, 3.05) is 19.0 Å². The van der Waals surface area contributed by atoms with Gasteiger partial charge in [0.15, 0.2) is 0 Å². The number of amides is 1. The quantitative estimate of drug-likeness (QED) is 0.502. The SMILES string of the molecule is CCOC(=O)c1c(-c2cc(C)ccc2OC)csc1NC(=O)c1ccccc1Cl. The first-order valence-electron chi connectivity index (χ1n) is 8.95. The number of carbonyl (C=O) groups is 2. The lowest BCUT2D eigenvalue weighted by atomic mass is 10.0. The first-order valence-corrected chi connectivity index (χ1v) is 10.2. The van der Waals surface area contributed by atoms with Gasteiger partial charge in [0.1, 0.15) is 16.3 Å². The van der Waals surface area contributed by atoms with Gasteiger partial charge >= 0.3 is 5.97 Å². The van der Waals surface area contributed by atoms with Crippen molar-refractivity contribution in [1.29, 1.82) is 0 Å². The van der Waals surface area contributed by atoms with E-state index in [2.05, 4.69) is 5.32 Å². The second-order valence-electron chi connectivity index (χ2n) is 6.21. The highest BCUT2D eigenvalue weighted by Gasteiger charge is 2.25. The molecular formula is C22H20ClNO4S. The molecule has 0 atom stereocenters. The van der Waals surface area contributed by atoms with E-state index in [4.69, 9.17) is 21.1 Å². The number of thiophene rings is 1. The molecule has 0 saturated carbocycles. The molecule has 0 aliphatic rings. The summed E-state index contributed by atoms with van der Waals surface area (Å²) in [6.07, 6.45) is 0. The summed E-state index contributed by atoms with van der Waals surface area (Å²) in [5, 5.41) is 5.34. The number of methoxy groups -OCH3 is 1. The predicted octanol–water partition coefficient (Wildman–Crippen LogP) is 5.81. The average Bonchev–Trinajstić information content (AvgIpc) is 3.11. The van der Waals surface area contributed by atoms with Crippen molar-refractivity contribution >= 4 is 39.8 Å². The van der Waals surface area contributed by atoms with Gasteiger partial charge in [-0.25, -0.2) is 4.79 Å². The van der Waals surface area contributed by atoms with E-state index in [1.807, 2.05) is 30.5 Å². The Morgan fingerprint density at radius 3 is 2.59 bits per heavy atom. The lowest BCUT2D eigenvalue weighted by molar-refractivity contribution is 0.0529. The van der Waals surface area contributed by atoms with Gasteiger partial charge in [0.25, 0.3) is 5.91 Å². The molecule has 0 radical (unpaired) electrons. The maximum atomic E-state index is 12.8. The van der Waals surface area contributed by atoms with Crippen LogP contribution in [-0.2, 0) is 4.74 Å². The number of ether oxygens (including phenoxy) is 2. The highest BCUT2D eigenvalue weighted by Crippen LogP contribution is 2.41. The molecule has 0 spiro atoms. The minimum Gasteiger partial charge on any atom is -0.496 e. The topological polar surface area (TPSA) is 64.6 Å². The molecule has 7 heteroatoms. The molecule has 0 aliphatic carbocycles. The molecule has 1 amide bonds. The zero-order valence-corrected chi connectivity index (χ0v) is 17.8. The molecule has 0 aliphatic heterocycles. The number of anilines is 1. The van der Waals surface area contributed by atoms with Crippen molar-refractivity contribution in [3.8, 4) is 16.9 Å². The lowest BCUT2D eigenvalue weighted by Crippen LogP contribution is -2.15. The highest BCUT2D eigenvalue weighted by atomic mass is 35.5. The minimum atomic E-state index is -0.512. The Morgan fingerprint density at radius 2 is 1.90 bits per heavy atom. The van der Waals surface area contributed by atoms with Gasteiger partial charge in [-0.15, -0.1) is 11.3 Å². The van der Waals surface area contributed by atoms with Crippen LogP contribution in [0.15, 0.2) is 47.8 Å². The third kappa shape index (κ3) is 4.44. The summed E-state index contributed by atoms with van der Waals surface area (Å²) in [6, 6.07) is 12.4. The fourth-order valence-electron chi connectivity index (χ4n) is 2.90. The number of hydrogen-bond donors (Lipinski definition) is 1. The number of halogens is 1. The summed E-state index contributed by atoms with van der Waals surface area (Å²) in [5.41, 5.74) is 3.03. The molecule has 1 aromatic heterocycles. The maximum absolute atomic E-state index is 12.8. The molecule has 0 unspecified atom stereocenters. The largest absolute Gasteiger partial charge is 0.496 e. The van der Waals surface area contributed by atoms with Gasteiger partial charge in [0.2, 0.25) is 0 Å². The molecule has 3 rings (SSSR count). The molecule has 1 N–H and O–H groups in total. The van der Waals surface area contributed by atoms with Crippen LogP contribution in [0.5, 0.6) is 5.75 Å². The fourth-order valence-corrected chi connectivity index (χ4v) is 4.07. The second kappa shape index (κ2) is 9.11. The molecular weight excluding hydrogens is 410 g/mol. The number of hydrogen-bond acceptors (Lipinski definition) is 5. The normalized spacial score (nSPS) is 10.5. The molecule has 0 fully saturated rings. The van der Waals surface area contributed by atoms with Gasteiger partial charge in [0, 0.05) is 16.5 Å². The molecule has 2 aromatic carbocycles. The summed E-state index contributed by atoms with van der Waals surface area (Å²) in [4.78, 5) is 25.5. The molecule has 5 nitrogen and oxygen atoms in total. The van der Waals surface area contributed by atoms with Crippen LogP contribution >= 0.6 is 22.9 Å². The molecule has 1 heterocycles.